The fourth-order valence-electron chi connectivity index (χ4n) is 4.86. The number of rotatable bonds is 5. The Morgan fingerprint density at radius 3 is 2.53 bits per heavy atom. The summed E-state index contributed by atoms with van der Waals surface area (Å²) in [5.74, 6) is -0.159. The molecule has 2 heterocycles. The lowest BCUT2D eigenvalue weighted by Gasteiger charge is -2.26. The minimum atomic E-state index is -0.259. The van der Waals surface area contributed by atoms with Crippen LogP contribution in [-0.2, 0) is 19.1 Å². The summed E-state index contributed by atoms with van der Waals surface area (Å²) in [6, 6.07) is 7.07. The molecule has 0 unspecified atom stereocenters. The molecule has 156 valence electrons. The predicted molar refractivity (Wildman–Crippen MR) is 107 cm³/mol. The molecule has 1 aromatic rings. The van der Waals surface area contributed by atoms with Crippen molar-refractivity contribution in [3.8, 4) is 5.75 Å². The lowest BCUT2D eigenvalue weighted by molar-refractivity contribution is -0.140. The minimum Gasteiger partial charge on any atom is -0.484 e. The second kappa shape index (κ2) is 7.68. The minimum absolute atomic E-state index is 0.0527. The van der Waals surface area contributed by atoms with E-state index in [1.165, 1.54) is 6.21 Å². The van der Waals surface area contributed by atoms with Crippen molar-refractivity contribution < 1.29 is 23.9 Å². The number of allylic oxidation sites excluding steroid dienone is 2. The summed E-state index contributed by atoms with van der Waals surface area (Å²) in [4.78, 5) is 39.3. The average molecular weight is 409 g/mol. The third-order valence-corrected chi connectivity index (χ3v) is 6.35. The zero-order valence-electron chi connectivity index (χ0n) is 16.5. The van der Waals surface area contributed by atoms with Gasteiger partial charge >= 0.3 is 0 Å². The van der Waals surface area contributed by atoms with E-state index in [2.05, 4.69) is 17.3 Å². The highest BCUT2D eigenvalue weighted by molar-refractivity contribution is 6.06. The SMILES string of the molecule is O=C(COc1cccc(C=NN2C(=O)[C@@H]3[C@H](C2=O)[C@H]2C=C[C@H]3C2)c1)N1CCOCC1. The molecule has 5 rings (SSSR count). The van der Waals surface area contributed by atoms with Gasteiger partial charge < -0.3 is 14.4 Å². The van der Waals surface area contributed by atoms with Gasteiger partial charge in [-0.15, -0.1) is 0 Å². The van der Waals surface area contributed by atoms with Crippen molar-refractivity contribution in [2.45, 2.75) is 6.42 Å². The Labute approximate surface area is 174 Å². The van der Waals surface area contributed by atoms with Gasteiger partial charge in [-0.05, 0) is 36.0 Å². The molecule has 0 aromatic heterocycles. The number of amides is 3. The average Bonchev–Trinajstić information content (AvgIpc) is 3.46. The number of imide groups is 1. The van der Waals surface area contributed by atoms with E-state index < -0.39 is 0 Å². The van der Waals surface area contributed by atoms with E-state index in [4.69, 9.17) is 9.47 Å². The summed E-state index contributed by atoms with van der Waals surface area (Å²) < 4.78 is 10.9. The fourth-order valence-corrected chi connectivity index (χ4v) is 4.86. The Bertz CT molecular complexity index is 906. The van der Waals surface area contributed by atoms with Gasteiger partial charge in [-0.1, -0.05) is 24.3 Å². The molecule has 4 atom stereocenters. The van der Waals surface area contributed by atoms with Crippen LogP contribution < -0.4 is 4.74 Å². The standard InChI is InChI=1S/C22H23N3O5/c26-18(24-6-8-29-9-7-24)13-30-17-3-1-2-14(10-17)12-23-25-21(27)19-15-4-5-16(11-15)20(19)22(25)28/h1-5,10,12,15-16,19-20H,6-9,11,13H2/t15-,16-,19-,20+/m0/s1. The van der Waals surface area contributed by atoms with Crippen LogP contribution in [0, 0.1) is 23.7 Å². The van der Waals surface area contributed by atoms with Gasteiger partial charge in [0.2, 0.25) is 0 Å². The summed E-state index contributed by atoms with van der Waals surface area (Å²) in [6.07, 6.45) is 6.50. The van der Waals surface area contributed by atoms with Crippen LogP contribution >= 0.6 is 0 Å². The Hall–Kier alpha value is -3.00. The Balaban J connectivity index is 1.22. The molecule has 0 N–H and O–H groups in total. The number of nitrogens with zero attached hydrogens (tertiary/aromatic N) is 3. The van der Waals surface area contributed by atoms with Crippen molar-refractivity contribution in [3.05, 3.63) is 42.0 Å². The van der Waals surface area contributed by atoms with Gasteiger partial charge in [-0.25, -0.2) is 0 Å². The molecule has 3 amide bonds. The van der Waals surface area contributed by atoms with Crippen LogP contribution in [0.5, 0.6) is 5.75 Å². The zero-order chi connectivity index (χ0) is 20.7. The Morgan fingerprint density at radius 1 is 1.13 bits per heavy atom. The normalized spacial score (nSPS) is 29.9. The van der Waals surface area contributed by atoms with E-state index in [1.54, 1.807) is 29.2 Å². The zero-order valence-corrected chi connectivity index (χ0v) is 16.5. The number of carbonyl (C=O) groups excluding carboxylic acids is 3. The van der Waals surface area contributed by atoms with Crippen molar-refractivity contribution in [2.24, 2.45) is 28.8 Å². The molecule has 8 nitrogen and oxygen atoms in total. The van der Waals surface area contributed by atoms with Crippen molar-refractivity contribution in [3.63, 3.8) is 0 Å². The monoisotopic (exact) mass is 409 g/mol. The van der Waals surface area contributed by atoms with E-state index in [1.807, 2.05) is 0 Å². The van der Waals surface area contributed by atoms with Crippen molar-refractivity contribution in [2.75, 3.05) is 32.9 Å². The summed E-state index contributed by atoms with van der Waals surface area (Å²) in [5.41, 5.74) is 0.685. The van der Waals surface area contributed by atoms with Gasteiger partial charge in [0.15, 0.2) is 6.61 Å². The highest BCUT2D eigenvalue weighted by atomic mass is 16.5. The Kier molecular flexibility index (Phi) is 4.86. The molecule has 1 saturated carbocycles. The lowest BCUT2D eigenvalue weighted by atomic mass is 9.85. The lowest BCUT2D eigenvalue weighted by Crippen LogP contribution is -2.42. The molecule has 2 saturated heterocycles. The number of hydrogen-bond donors (Lipinski definition) is 0. The first-order chi connectivity index (χ1) is 14.6. The molecule has 8 heteroatoms. The van der Waals surface area contributed by atoms with Gasteiger partial charge in [0, 0.05) is 13.1 Å². The first kappa shape index (κ1) is 19.0. The molecule has 1 aromatic carbocycles. The maximum Gasteiger partial charge on any atom is 0.260 e. The third-order valence-electron chi connectivity index (χ3n) is 6.35. The van der Waals surface area contributed by atoms with Gasteiger partial charge in [0.25, 0.3) is 17.7 Å². The maximum absolute atomic E-state index is 12.7. The highest BCUT2D eigenvalue weighted by Gasteiger charge is 2.59. The number of benzene rings is 1. The first-order valence-corrected chi connectivity index (χ1v) is 10.3. The number of morpholine rings is 1. The van der Waals surface area contributed by atoms with Crippen molar-refractivity contribution >= 4 is 23.9 Å². The van der Waals surface area contributed by atoms with Gasteiger partial charge in [-0.3, -0.25) is 14.4 Å². The highest BCUT2D eigenvalue weighted by Crippen LogP contribution is 2.52. The van der Waals surface area contributed by atoms with Crippen LogP contribution in [0.3, 0.4) is 0 Å². The molecular weight excluding hydrogens is 386 g/mol. The van der Waals surface area contributed by atoms with Gasteiger partial charge in [0.05, 0.1) is 31.3 Å². The van der Waals surface area contributed by atoms with Crippen LogP contribution in [0.2, 0.25) is 0 Å². The van der Waals surface area contributed by atoms with Crippen molar-refractivity contribution in [1.29, 1.82) is 0 Å². The predicted octanol–water partition coefficient (Wildman–Crippen LogP) is 1.07. The summed E-state index contributed by atoms with van der Waals surface area (Å²) >= 11 is 0. The molecule has 3 fully saturated rings. The smallest absolute Gasteiger partial charge is 0.260 e. The summed E-state index contributed by atoms with van der Waals surface area (Å²) in [7, 11) is 0. The molecule has 4 aliphatic rings. The van der Waals surface area contributed by atoms with Crippen molar-refractivity contribution in [1.82, 2.24) is 9.91 Å². The van der Waals surface area contributed by atoms with E-state index in [0.29, 0.717) is 37.6 Å². The van der Waals surface area contributed by atoms with Crippen LogP contribution in [0.4, 0.5) is 0 Å². The van der Waals surface area contributed by atoms with E-state index in [9.17, 15) is 14.4 Å². The van der Waals surface area contributed by atoms with Gasteiger partial charge in [0.1, 0.15) is 5.75 Å². The topological polar surface area (TPSA) is 88.5 Å². The van der Waals surface area contributed by atoms with E-state index >= 15 is 0 Å². The second-order valence-corrected chi connectivity index (χ2v) is 8.09. The Morgan fingerprint density at radius 2 is 1.83 bits per heavy atom. The molecule has 0 radical (unpaired) electrons. The van der Waals surface area contributed by atoms with Crippen LogP contribution in [0.25, 0.3) is 0 Å². The molecule has 2 aliphatic heterocycles. The number of ether oxygens (including phenoxy) is 2. The maximum atomic E-state index is 12.7. The molecule has 0 spiro atoms. The van der Waals surface area contributed by atoms with E-state index in [0.717, 1.165) is 11.4 Å². The summed E-state index contributed by atoms with van der Waals surface area (Å²) in [6.45, 7) is 2.19. The van der Waals surface area contributed by atoms with E-state index in [-0.39, 0.29) is 48.0 Å². The molecule has 2 aliphatic carbocycles. The fraction of sp³-hybridized carbons (Fsp3) is 0.455. The quantitative estimate of drug-likeness (QED) is 0.412. The van der Waals surface area contributed by atoms with Gasteiger partial charge in [-0.2, -0.15) is 10.1 Å². The largest absolute Gasteiger partial charge is 0.484 e. The van der Waals surface area contributed by atoms with Crippen LogP contribution in [-0.4, -0.2) is 66.8 Å². The molecule has 30 heavy (non-hydrogen) atoms. The number of hydrazone groups is 1. The summed E-state index contributed by atoms with van der Waals surface area (Å²) in [5, 5.41) is 5.21. The third kappa shape index (κ3) is 3.31. The first-order valence-electron chi connectivity index (χ1n) is 10.3. The molecule has 2 bridgehead atoms. The number of carbonyl (C=O) groups is 3. The number of hydrogen-bond acceptors (Lipinski definition) is 6. The van der Waals surface area contributed by atoms with Crippen LogP contribution in [0.1, 0.15) is 12.0 Å². The second-order valence-electron chi connectivity index (χ2n) is 8.09. The van der Waals surface area contributed by atoms with Crippen LogP contribution in [0.15, 0.2) is 41.5 Å². The number of fused-ring (bicyclic) bond motifs is 5. The molecular formula is C22H23N3O5.